The average Bonchev–Trinajstić information content (AvgIpc) is 2.51. The molecule has 0 radical (unpaired) electrons. The predicted octanol–water partition coefficient (Wildman–Crippen LogP) is 4.78. The first-order valence-corrected chi connectivity index (χ1v) is 8.20. The fraction of sp³-hybridized carbons (Fsp3) is 0.278. The van der Waals surface area contributed by atoms with Crippen LogP contribution in [0.1, 0.15) is 24.5 Å². The Morgan fingerprint density at radius 1 is 1.22 bits per heavy atom. The fourth-order valence-electron chi connectivity index (χ4n) is 2.14. The molecule has 0 saturated heterocycles. The van der Waals surface area contributed by atoms with E-state index in [0.717, 1.165) is 11.1 Å². The number of carbonyl (C=O) groups excluding carboxylic acids is 1. The quantitative estimate of drug-likeness (QED) is 0.813. The molecule has 0 aliphatic rings. The molecule has 0 aromatic heterocycles. The highest BCUT2D eigenvalue weighted by Crippen LogP contribution is 2.21. The van der Waals surface area contributed by atoms with Gasteiger partial charge in [0.25, 0.3) is 5.91 Å². The van der Waals surface area contributed by atoms with Gasteiger partial charge in [0.1, 0.15) is 5.75 Å². The van der Waals surface area contributed by atoms with Crippen molar-refractivity contribution < 1.29 is 9.53 Å². The monoisotopic (exact) mass is 351 g/mol. The maximum atomic E-state index is 12.3. The van der Waals surface area contributed by atoms with Gasteiger partial charge in [0.2, 0.25) is 0 Å². The van der Waals surface area contributed by atoms with Gasteiger partial charge in [-0.25, -0.2) is 0 Å². The molecule has 0 aliphatic heterocycles. The molecule has 23 heavy (non-hydrogen) atoms. The molecule has 5 heteroatoms. The number of hydrogen-bond donors (Lipinski definition) is 1. The Bertz CT molecular complexity index is 688. The molecule has 0 heterocycles. The van der Waals surface area contributed by atoms with E-state index in [-0.39, 0.29) is 5.91 Å². The van der Waals surface area contributed by atoms with Gasteiger partial charge < -0.3 is 10.1 Å². The van der Waals surface area contributed by atoms with E-state index in [2.05, 4.69) is 5.32 Å². The first kappa shape index (κ1) is 17.6. The summed E-state index contributed by atoms with van der Waals surface area (Å²) in [5.74, 6) is 0.525. The largest absolute Gasteiger partial charge is 0.481 e. The van der Waals surface area contributed by atoms with Crippen molar-refractivity contribution in [2.45, 2.75) is 32.9 Å². The average molecular weight is 352 g/mol. The summed E-state index contributed by atoms with van der Waals surface area (Å²) < 4.78 is 5.78. The number of benzene rings is 2. The summed E-state index contributed by atoms with van der Waals surface area (Å²) in [6.45, 7) is 4.23. The van der Waals surface area contributed by atoms with Crippen molar-refractivity contribution >= 4 is 29.1 Å². The lowest BCUT2D eigenvalue weighted by Crippen LogP contribution is -2.37. The van der Waals surface area contributed by atoms with E-state index in [1.54, 1.807) is 18.2 Å². The Balaban J connectivity index is 1.97. The second-order valence-electron chi connectivity index (χ2n) is 5.28. The Morgan fingerprint density at radius 3 is 2.65 bits per heavy atom. The molecule has 0 bridgehead atoms. The lowest BCUT2D eigenvalue weighted by Gasteiger charge is -2.18. The number of ether oxygens (including phenoxy) is 1. The van der Waals surface area contributed by atoms with Crippen molar-refractivity contribution in [1.29, 1.82) is 0 Å². The molecule has 2 aromatic carbocycles. The van der Waals surface area contributed by atoms with E-state index in [4.69, 9.17) is 27.9 Å². The molecule has 0 aliphatic carbocycles. The standard InChI is InChI=1S/C18H19Cl2NO2/c1-3-17(23-15-6-4-5-12(2)9-15)18(22)21-11-13-7-8-14(19)10-16(13)20/h4-10,17H,3,11H2,1-2H3,(H,21,22)/t17-/m1/s1. The van der Waals surface area contributed by atoms with Crippen LogP contribution in [0, 0.1) is 6.92 Å². The third-order valence-corrected chi connectivity index (χ3v) is 3.99. The van der Waals surface area contributed by atoms with E-state index in [0.29, 0.717) is 28.8 Å². The molecular formula is C18H19Cl2NO2. The SMILES string of the molecule is CC[C@@H](Oc1cccc(C)c1)C(=O)NCc1ccc(Cl)cc1Cl. The molecule has 1 atom stereocenters. The molecule has 1 N–H and O–H groups in total. The van der Waals surface area contributed by atoms with Crippen LogP contribution in [0.25, 0.3) is 0 Å². The molecule has 0 unspecified atom stereocenters. The molecule has 0 fully saturated rings. The molecule has 3 nitrogen and oxygen atoms in total. The summed E-state index contributed by atoms with van der Waals surface area (Å²) in [7, 11) is 0. The molecule has 1 amide bonds. The van der Waals surface area contributed by atoms with Crippen LogP contribution in [0.3, 0.4) is 0 Å². The summed E-state index contributed by atoms with van der Waals surface area (Å²) in [5, 5.41) is 3.96. The summed E-state index contributed by atoms with van der Waals surface area (Å²) >= 11 is 12.0. The molecule has 2 aromatic rings. The van der Waals surface area contributed by atoms with E-state index in [9.17, 15) is 4.79 Å². The summed E-state index contributed by atoms with van der Waals surface area (Å²) in [6.07, 6.45) is 0.0385. The van der Waals surface area contributed by atoms with Gasteiger partial charge in [0.15, 0.2) is 6.10 Å². The van der Waals surface area contributed by atoms with Crippen LogP contribution in [-0.2, 0) is 11.3 Å². The van der Waals surface area contributed by atoms with Crippen molar-refractivity contribution in [3.05, 3.63) is 63.6 Å². The van der Waals surface area contributed by atoms with Crippen LogP contribution >= 0.6 is 23.2 Å². The third-order valence-electron chi connectivity index (χ3n) is 3.40. The number of nitrogens with one attached hydrogen (secondary N) is 1. The van der Waals surface area contributed by atoms with Gasteiger partial charge in [-0.2, -0.15) is 0 Å². The maximum absolute atomic E-state index is 12.3. The van der Waals surface area contributed by atoms with Crippen LogP contribution in [0.15, 0.2) is 42.5 Å². The minimum absolute atomic E-state index is 0.167. The minimum atomic E-state index is -0.539. The zero-order chi connectivity index (χ0) is 16.8. The van der Waals surface area contributed by atoms with Gasteiger partial charge >= 0.3 is 0 Å². The zero-order valence-corrected chi connectivity index (χ0v) is 14.6. The van der Waals surface area contributed by atoms with Crippen LogP contribution in [0.5, 0.6) is 5.75 Å². The van der Waals surface area contributed by atoms with E-state index in [1.165, 1.54) is 0 Å². The number of carbonyl (C=O) groups is 1. The van der Waals surface area contributed by atoms with E-state index in [1.807, 2.05) is 38.1 Å². The van der Waals surface area contributed by atoms with Crippen molar-refractivity contribution in [2.75, 3.05) is 0 Å². The van der Waals surface area contributed by atoms with Crippen LogP contribution in [0.2, 0.25) is 10.0 Å². The van der Waals surface area contributed by atoms with Crippen molar-refractivity contribution in [3.8, 4) is 5.75 Å². The molecule has 2 rings (SSSR count). The van der Waals surface area contributed by atoms with Gasteiger partial charge in [-0.15, -0.1) is 0 Å². The van der Waals surface area contributed by atoms with Crippen LogP contribution < -0.4 is 10.1 Å². The number of hydrogen-bond acceptors (Lipinski definition) is 2. The molecule has 122 valence electrons. The van der Waals surface area contributed by atoms with Crippen molar-refractivity contribution in [1.82, 2.24) is 5.32 Å². The van der Waals surface area contributed by atoms with Gasteiger partial charge in [-0.3, -0.25) is 4.79 Å². The van der Waals surface area contributed by atoms with E-state index >= 15 is 0 Å². The fourth-order valence-corrected chi connectivity index (χ4v) is 2.61. The van der Waals surface area contributed by atoms with Crippen molar-refractivity contribution in [3.63, 3.8) is 0 Å². The smallest absolute Gasteiger partial charge is 0.261 e. The summed E-state index contributed by atoms with van der Waals surface area (Å²) in [4.78, 5) is 12.3. The molecule has 0 spiro atoms. The molecular weight excluding hydrogens is 333 g/mol. The number of amides is 1. The number of rotatable bonds is 6. The zero-order valence-electron chi connectivity index (χ0n) is 13.1. The van der Waals surface area contributed by atoms with Crippen LogP contribution in [-0.4, -0.2) is 12.0 Å². The highest BCUT2D eigenvalue weighted by Gasteiger charge is 2.18. The third kappa shape index (κ3) is 5.15. The Kier molecular flexibility index (Phi) is 6.31. The number of aryl methyl sites for hydroxylation is 1. The lowest BCUT2D eigenvalue weighted by molar-refractivity contribution is -0.128. The van der Waals surface area contributed by atoms with Crippen molar-refractivity contribution in [2.24, 2.45) is 0 Å². The Labute approximate surface area is 146 Å². The molecule has 0 saturated carbocycles. The first-order valence-electron chi connectivity index (χ1n) is 7.44. The van der Waals surface area contributed by atoms with Gasteiger partial charge in [0.05, 0.1) is 0 Å². The van der Waals surface area contributed by atoms with Gasteiger partial charge in [0, 0.05) is 16.6 Å². The topological polar surface area (TPSA) is 38.3 Å². The van der Waals surface area contributed by atoms with E-state index < -0.39 is 6.10 Å². The first-order chi connectivity index (χ1) is 11.0. The summed E-state index contributed by atoms with van der Waals surface area (Å²) in [5.41, 5.74) is 1.90. The highest BCUT2D eigenvalue weighted by atomic mass is 35.5. The van der Waals surface area contributed by atoms with Gasteiger partial charge in [-0.05, 0) is 48.7 Å². The minimum Gasteiger partial charge on any atom is -0.481 e. The summed E-state index contributed by atoms with van der Waals surface area (Å²) in [6, 6.07) is 12.8. The Hall–Kier alpha value is -1.71. The predicted molar refractivity (Wildman–Crippen MR) is 94.2 cm³/mol. The second kappa shape index (κ2) is 8.23. The number of halogens is 2. The van der Waals surface area contributed by atoms with Crippen LogP contribution in [0.4, 0.5) is 0 Å². The normalized spacial score (nSPS) is 11.8. The Morgan fingerprint density at radius 2 is 2.00 bits per heavy atom. The second-order valence-corrected chi connectivity index (χ2v) is 6.13. The van der Waals surface area contributed by atoms with Gasteiger partial charge in [-0.1, -0.05) is 48.3 Å². The highest BCUT2D eigenvalue weighted by molar-refractivity contribution is 6.35. The lowest BCUT2D eigenvalue weighted by atomic mass is 10.2. The maximum Gasteiger partial charge on any atom is 0.261 e.